The summed E-state index contributed by atoms with van der Waals surface area (Å²) in [5.41, 5.74) is -0.132. The fourth-order valence-corrected chi connectivity index (χ4v) is 6.00. The van der Waals surface area contributed by atoms with Gasteiger partial charge in [-0.2, -0.15) is 0 Å². The van der Waals surface area contributed by atoms with Crippen LogP contribution in [0.15, 0.2) is 36.4 Å². The van der Waals surface area contributed by atoms with Crippen molar-refractivity contribution in [1.29, 1.82) is 0 Å². The molecule has 3 heterocycles. The van der Waals surface area contributed by atoms with E-state index in [9.17, 15) is 8.78 Å². The maximum absolute atomic E-state index is 15.7. The number of halogens is 4. The van der Waals surface area contributed by atoms with Gasteiger partial charge >= 0.3 is 0 Å². The fraction of sp³-hybridized carbons (Fsp3) is 0.517. The first-order valence-electron chi connectivity index (χ1n) is 13.1. The predicted molar refractivity (Wildman–Crippen MR) is 135 cm³/mol. The van der Waals surface area contributed by atoms with Gasteiger partial charge in [-0.05, 0) is 51.7 Å². The van der Waals surface area contributed by atoms with E-state index in [2.05, 4.69) is 4.98 Å². The molecule has 0 amide bonds. The molecule has 1 N–H and O–H groups in total. The molecule has 6 rings (SSSR count). The lowest BCUT2D eigenvalue weighted by atomic mass is 9.87. The van der Waals surface area contributed by atoms with Crippen LogP contribution in [-0.4, -0.2) is 64.4 Å². The Bertz CT molecular complexity index is 1300. The number of fused-ring (bicyclic) bond motifs is 3. The third kappa shape index (κ3) is 4.74. The van der Waals surface area contributed by atoms with Crippen molar-refractivity contribution >= 4 is 10.9 Å². The molecule has 1 saturated carbocycles. The minimum Gasteiger partial charge on any atom is -0.488 e. The highest BCUT2D eigenvalue weighted by Gasteiger charge is 2.47. The predicted octanol–water partition coefficient (Wildman–Crippen LogP) is 6.10. The molecular weight excluding hydrogens is 482 g/mol. The number of benzene rings is 2. The van der Waals surface area contributed by atoms with E-state index in [0.717, 1.165) is 16.5 Å². The van der Waals surface area contributed by atoms with Crippen molar-refractivity contribution < 1.29 is 22.3 Å². The molecule has 2 aliphatic heterocycles. The Labute approximate surface area is 214 Å². The van der Waals surface area contributed by atoms with Crippen LogP contribution in [0.1, 0.15) is 56.5 Å². The van der Waals surface area contributed by atoms with Gasteiger partial charge in [0.1, 0.15) is 34.8 Å². The molecule has 3 aliphatic rings. The number of hydrogen-bond acceptors (Lipinski definition) is 3. The molecule has 2 fully saturated rings. The van der Waals surface area contributed by atoms with Gasteiger partial charge in [0, 0.05) is 66.5 Å². The first-order valence-corrected chi connectivity index (χ1v) is 13.1. The number of aromatic amines is 1. The summed E-state index contributed by atoms with van der Waals surface area (Å²) < 4.78 is 66.2. The summed E-state index contributed by atoms with van der Waals surface area (Å²) in [5.74, 6) is -1.34. The molecule has 2 atom stereocenters. The highest BCUT2D eigenvalue weighted by Crippen LogP contribution is 2.44. The van der Waals surface area contributed by atoms with E-state index in [1.54, 1.807) is 0 Å². The van der Waals surface area contributed by atoms with Gasteiger partial charge in [-0.1, -0.05) is 18.2 Å². The van der Waals surface area contributed by atoms with Gasteiger partial charge in [0.15, 0.2) is 0 Å². The standard InChI is InChI=1S/C29H33F4N3O/c1-17-10-21-20-6-4-5-7-24(20)34-26(21)27(36(17)15-28(2,3)32)25-22(30)11-18(12-23(25)31)37-19-13-35(14-19)16-29(33)8-9-29/h4-7,11-12,17,19,27,34H,8-10,13-16H2,1-3H3/t17-,27?/m1/s1. The van der Waals surface area contributed by atoms with Gasteiger partial charge < -0.3 is 9.72 Å². The van der Waals surface area contributed by atoms with E-state index < -0.39 is 29.0 Å². The third-order valence-electron chi connectivity index (χ3n) is 7.93. The van der Waals surface area contributed by atoms with Crippen LogP contribution in [0.3, 0.4) is 0 Å². The smallest absolute Gasteiger partial charge is 0.135 e. The van der Waals surface area contributed by atoms with Crippen LogP contribution in [0.4, 0.5) is 17.6 Å². The Kier molecular flexibility index (Phi) is 5.84. The van der Waals surface area contributed by atoms with E-state index in [1.807, 2.05) is 41.0 Å². The zero-order valence-electron chi connectivity index (χ0n) is 21.5. The first-order chi connectivity index (χ1) is 17.5. The van der Waals surface area contributed by atoms with Crippen molar-refractivity contribution in [1.82, 2.24) is 14.8 Å². The van der Waals surface area contributed by atoms with Crippen molar-refractivity contribution in [2.24, 2.45) is 0 Å². The Hall–Kier alpha value is -2.58. The molecule has 0 radical (unpaired) electrons. The van der Waals surface area contributed by atoms with Gasteiger partial charge in [0.05, 0.1) is 6.04 Å². The summed E-state index contributed by atoms with van der Waals surface area (Å²) >= 11 is 0. The second-order valence-corrected chi connectivity index (χ2v) is 11.8. The molecule has 1 saturated heterocycles. The van der Waals surface area contributed by atoms with E-state index in [-0.39, 0.29) is 30.0 Å². The van der Waals surface area contributed by atoms with E-state index >= 15 is 8.78 Å². The van der Waals surface area contributed by atoms with Crippen LogP contribution >= 0.6 is 0 Å². The van der Waals surface area contributed by atoms with Gasteiger partial charge in [0.2, 0.25) is 0 Å². The Morgan fingerprint density at radius 3 is 2.43 bits per heavy atom. The Balaban J connectivity index is 1.32. The number of alkyl halides is 2. The number of rotatable bonds is 7. The number of H-pyrrole nitrogens is 1. The number of nitrogens with zero attached hydrogens (tertiary/aromatic N) is 2. The van der Waals surface area contributed by atoms with Crippen LogP contribution in [0.5, 0.6) is 5.75 Å². The average molecular weight is 516 g/mol. The summed E-state index contributed by atoms with van der Waals surface area (Å²) in [5, 5.41) is 1.02. The molecule has 37 heavy (non-hydrogen) atoms. The van der Waals surface area contributed by atoms with E-state index in [4.69, 9.17) is 4.74 Å². The van der Waals surface area contributed by atoms with Crippen molar-refractivity contribution in [3.8, 4) is 5.75 Å². The number of aromatic nitrogens is 1. The fourth-order valence-electron chi connectivity index (χ4n) is 6.00. The highest BCUT2D eigenvalue weighted by molar-refractivity contribution is 5.85. The van der Waals surface area contributed by atoms with Crippen molar-refractivity contribution in [3.05, 3.63) is 64.9 Å². The molecule has 2 aromatic carbocycles. The number of likely N-dealkylation sites (tertiary alicyclic amines) is 1. The molecule has 3 aromatic rings. The van der Waals surface area contributed by atoms with Gasteiger partial charge in [-0.3, -0.25) is 9.80 Å². The molecule has 198 valence electrons. The topological polar surface area (TPSA) is 31.5 Å². The maximum Gasteiger partial charge on any atom is 0.135 e. The van der Waals surface area contributed by atoms with Crippen molar-refractivity contribution in [2.75, 3.05) is 26.2 Å². The van der Waals surface area contributed by atoms with Crippen LogP contribution < -0.4 is 4.74 Å². The number of hydrogen-bond donors (Lipinski definition) is 1. The van der Waals surface area contributed by atoms with Gasteiger partial charge in [-0.25, -0.2) is 17.6 Å². The molecule has 0 spiro atoms. The summed E-state index contributed by atoms with van der Waals surface area (Å²) in [4.78, 5) is 7.21. The molecule has 0 bridgehead atoms. The summed E-state index contributed by atoms with van der Waals surface area (Å²) in [6, 6.07) is 9.30. The van der Waals surface area contributed by atoms with Crippen molar-refractivity contribution in [2.45, 2.75) is 69.6 Å². The van der Waals surface area contributed by atoms with Crippen LogP contribution in [0, 0.1) is 11.6 Å². The average Bonchev–Trinajstić information content (AvgIpc) is 3.40. The van der Waals surface area contributed by atoms with Gasteiger partial charge in [-0.15, -0.1) is 0 Å². The molecular formula is C29H33F4N3O. The van der Waals surface area contributed by atoms with Crippen LogP contribution in [0.25, 0.3) is 10.9 Å². The largest absolute Gasteiger partial charge is 0.488 e. The quantitative estimate of drug-likeness (QED) is 0.386. The van der Waals surface area contributed by atoms with Crippen molar-refractivity contribution in [3.63, 3.8) is 0 Å². The van der Waals surface area contributed by atoms with Crippen LogP contribution in [-0.2, 0) is 6.42 Å². The normalized spacial score (nSPS) is 24.2. The lowest BCUT2D eigenvalue weighted by molar-refractivity contribution is 0.00169. The summed E-state index contributed by atoms with van der Waals surface area (Å²) in [6.07, 6.45) is 1.61. The number of para-hydroxylation sites is 1. The lowest BCUT2D eigenvalue weighted by Gasteiger charge is -2.43. The first kappa shape index (κ1) is 24.7. The summed E-state index contributed by atoms with van der Waals surface area (Å²) in [6.45, 7) is 6.43. The Morgan fingerprint density at radius 1 is 1.11 bits per heavy atom. The second-order valence-electron chi connectivity index (χ2n) is 11.8. The van der Waals surface area contributed by atoms with E-state index in [1.165, 1.54) is 26.0 Å². The molecule has 4 nitrogen and oxygen atoms in total. The number of nitrogens with one attached hydrogen (secondary N) is 1. The van der Waals surface area contributed by atoms with Gasteiger partial charge in [0.25, 0.3) is 0 Å². The molecule has 1 aliphatic carbocycles. The minimum atomic E-state index is -1.55. The molecule has 1 aromatic heterocycles. The number of ether oxygens (including phenoxy) is 1. The molecule has 8 heteroatoms. The van der Waals surface area contributed by atoms with E-state index in [0.29, 0.717) is 44.6 Å². The SMILES string of the molecule is C[C@@H]1Cc2c([nH]c3ccccc23)C(c2c(F)cc(OC3CN(CC4(F)CC4)C3)cc2F)N1CC(C)(C)F. The maximum atomic E-state index is 15.7. The molecule has 1 unspecified atom stereocenters. The second kappa shape index (κ2) is 8.73. The minimum absolute atomic E-state index is 0.0265. The zero-order valence-corrected chi connectivity index (χ0v) is 21.5. The van der Waals surface area contributed by atoms with Crippen LogP contribution in [0.2, 0.25) is 0 Å². The zero-order chi connectivity index (χ0) is 26.1. The monoisotopic (exact) mass is 515 g/mol. The lowest BCUT2D eigenvalue weighted by Crippen LogP contribution is -2.55. The third-order valence-corrected chi connectivity index (χ3v) is 7.93. The Morgan fingerprint density at radius 2 is 1.78 bits per heavy atom. The highest BCUT2D eigenvalue weighted by atomic mass is 19.2. The summed E-state index contributed by atoms with van der Waals surface area (Å²) in [7, 11) is 0.